The van der Waals surface area contributed by atoms with Gasteiger partial charge in [0.25, 0.3) is 0 Å². The fourth-order valence-corrected chi connectivity index (χ4v) is 0.510. The molecule has 1 aliphatic rings. The molecule has 3 N–H and O–H groups in total. The van der Waals surface area contributed by atoms with Crippen molar-refractivity contribution in [2.75, 3.05) is 13.2 Å². The third kappa shape index (κ3) is 15.7. The van der Waals surface area contributed by atoms with Gasteiger partial charge in [-0.1, -0.05) is 0 Å². The summed E-state index contributed by atoms with van der Waals surface area (Å²) in [5.41, 5.74) is 0. The molecule has 0 atom stereocenters. The van der Waals surface area contributed by atoms with Crippen molar-refractivity contribution in [1.82, 2.24) is 0 Å². The van der Waals surface area contributed by atoms with Crippen molar-refractivity contribution in [3.8, 4) is 0 Å². The van der Waals surface area contributed by atoms with Crippen LogP contribution in [0.1, 0.15) is 12.8 Å². The van der Waals surface area contributed by atoms with Crippen LogP contribution in [-0.2, 0) is 15.0 Å². The monoisotopic (exact) mass is 169 g/mol. The lowest BCUT2D eigenvalue weighted by molar-refractivity contribution is 0.198. The first-order valence-electron chi connectivity index (χ1n) is 2.83. The molecule has 0 radical (unpaired) electrons. The average molecular weight is 169 g/mol. The SMILES string of the molecule is C1CCOC1.NS(=O)(=O)O. The molecule has 0 aromatic rings. The lowest BCUT2D eigenvalue weighted by Gasteiger charge is -1.76. The summed E-state index contributed by atoms with van der Waals surface area (Å²) in [5.74, 6) is 0. The van der Waals surface area contributed by atoms with Crippen LogP contribution in [-0.4, -0.2) is 26.2 Å². The highest BCUT2D eigenvalue weighted by atomic mass is 32.2. The second-order valence-corrected chi connectivity index (χ2v) is 2.86. The lowest BCUT2D eigenvalue weighted by Crippen LogP contribution is -2.08. The standard InChI is InChI=1S/C4H8O.H3NO3S/c1-2-4-5-3-1;1-5(2,3)4/h1-4H2;(H3,1,2,3,4). The zero-order chi connectivity index (χ0) is 8.04. The molecule has 1 heterocycles. The molecule has 0 aliphatic carbocycles. The molecule has 0 spiro atoms. The average Bonchev–Trinajstić information content (AvgIpc) is 2.07. The molecule has 0 bridgehead atoms. The molecule has 5 nitrogen and oxygen atoms in total. The van der Waals surface area contributed by atoms with E-state index in [1.165, 1.54) is 12.8 Å². The van der Waals surface area contributed by atoms with E-state index >= 15 is 0 Å². The Labute approximate surface area is 60.1 Å². The Bertz CT molecular complexity index is 144. The van der Waals surface area contributed by atoms with Gasteiger partial charge in [-0.15, -0.1) is 0 Å². The molecule has 1 fully saturated rings. The van der Waals surface area contributed by atoms with Crippen LogP contribution >= 0.6 is 0 Å². The van der Waals surface area contributed by atoms with Crippen LogP contribution in [0, 0.1) is 0 Å². The zero-order valence-corrected chi connectivity index (χ0v) is 6.30. The molecule has 6 heteroatoms. The molecule has 0 saturated carbocycles. The second-order valence-electron chi connectivity index (χ2n) is 1.83. The number of rotatable bonds is 0. The summed E-state index contributed by atoms with van der Waals surface area (Å²) in [7, 11) is -4.17. The topological polar surface area (TPSA) is 89.6 Å². The van der Waals surface area contributed by atoms with Crippen LogP contribution in [0.2, 0.25) is 0 Å². The van der Waals surface area contributed by atoms with E-state index in [-0.39, 0.29) is 0 Å². The number of ether oxygens (including phenoxy) is 1. The van der Waals surface area contributed by atoms with Gasteiger partial charge in [-0.05, 0) is 12.8 Å². The van der Waals surface area contributed by atoms with Crippen molar-refractivity contribution >= 4 is 10.3 Å². The van der Waals surface area contributed by atoms with Gasteiger partial charge in [-0.3, -0.25) is 4.55 Å². The second kappa shape index (κ2) is 4.62. The highest BCUT2D eigenvalue weighted by Gasteiger charge is 1.94. The molecule has 10 heavy (non-hydrogen) atoms. The maximum absolute atomic E-state index is 8.97. The van der Waals surface area contributed by atoms with Gasteiger partial charge in [-0.2, -0.15) is 8.42 Å². The zero-order valence-electron chi connectivity index (χ0n) is 5.49. The van der Waals surface area contributed by atoms with Crippen molar-refractivity contribution in [3.05, 3.63) is 0 Å². The fraction of sp³-hybridized carbons (Fsp3) is 1.00. The summed E-state index contributed by atoms with van der Waals surface area (Å²) in [6, 6.07) is 0. The maximum atomic E-state index is 8.97. The van der Waals surface area contributed by atoms with Crippen LogP contribution in [0.15, 0.2) is 0 Å². The van der Waals surface area contributed by atoms with Gasteiger partial charge < -0.3 is 4.74 Å². The maximum Gasteiger partial charge on any atom is 0.330 e. The first-order valence-corrected chi connectivity index (χ1v) is 4.33. The minimum atomic E-state index is -4.17. The van der Waals surface area contributed by atoms with Crippen LogP contribution in [0.5, 0.6) is 0 Å². The van der Waals surface area contributed by atoms with E-state index < -0.39 is 10.3 Å². The first-order chi connectivity index (χ1) is 4.50. The summed E-state index contributed by atoms with van der Waals surface area (Å²) in [6.07, 6.45) is 2.56. The molecule has 0 aromatic carbocycles. The Morgan fingerprint density at radius 2 is 1.60 bits per heavy atom. The Hall–Kier alpha value is -0.170. The Kier molecular flexibility index (Phi) is 4.54. The Morgan fingerprint density at radius 1 is 1.30 bits per heavy atom. The fourth-order valence-electron chi connectivity index (χ4n) is 0.510. The van der Waals surface area contributed by atoms with Gasteiger partial charge in [0.05, 0.1) is 0 Å². The summed E-state index contributed by atoms with van der Waals surface area (Å²) in [4.78, 5) is 0. The highest BCUT2D eigenvalue weighted by molar-refractivity contribution is 7.83. The predicted molar refractivity (Wildman–Crippen MR) is 35.8 cm³/mol. The quantitative estimate of drug-likeness (QED) is 0.480. The van der Waals surface area contributed by atoms with Crippen LogP contribution in [0.3, 0.4) is 0 Å². The van der Waals surface area contributed by atoms with Crippen LogP contribution in [0.25, 0.3) is 0 Å². The van der Waals surface area contributed by atoms with Crippen molar-refractivity contribution in [3.63, 3.8) is 0 Å². The minimum Gasteiger partial charge on any atom is -0.381 e. The number of hydrogen-bond acceptors (Lipinski definition) is 3. The van der Waals surface area contributed by atoms with Crippen molar-refractivity contribution < 1.29 is 17.7 Å². The normalized spacial score (nSPS) is 17.8. The van der Waals surface area contributed by atoms with Crippen molar-refractivity contribution in [2.45, 2.75) is 12.8 Å². The molecule has 1 aliphatic heterocycles. The number of nitrogens with two attached hydrogens (primary N) is 1. The molecule has 1 saturated heterocycles. The van der Waals surface area contributed by atoms with Gasteiger partial charge in [0.15, 0.2) is 0 Å². The molecule has 0 amide bonds. The Balaban J connectivity index is 0.000000162. The van der Waals surface area contributed by atoms with Gasteiger partial charge in [0.1, 0.15) is 0 Å². The summed E-state index contributed by atoms with van der Waals surface area (Å²) in [5, 5.41) is 3.88. The molecular weight excluding hydrogens is 158 g/mol. The van der Waals surface area contributed by atoms with Crippen LogP contribution < -0.4 is 5.14 Å². The van der Waals surface area contributed by atoms with E-state index in [0.29, 0.717) is 0 Å². The molecule has 62 valence electrons. The van der Waals surface area contributed by atoms with E-state index in [1.54, 1.807) is 0 Å². The minimum absolute atomic E-state index is 1.00. The van der Waals surface area contributed by atoms with E-state index in [0.717, 1.165) is 13.2 Å². The van der Waals surface area contributed by atoms with E-state index in [4.69, 9.17) is 17.7 Å². The van der Waals surface area contributed by atoms with Crippen molar-refractivity contribution in [1.29, 1.82) is 0 Å². The third-order valence-electron chi connectivity index (χ3n) is 0.827. The Morgan fingerprint density at radius 3 is 1.70 bits per heavy atom. The molecule has 1 rings (SSSR count). The number of hydrogen-bond donors (Lipinski definition) is 2. The highest BCUT2D eigenvalue weighted by Crippen LogP contribution is 1.98. The van der Waals surface area contributed by atoms with Crippen molar-refractivity contribution in [2.24, 2.45) is 5.14 Å². The summed E-state index contributed by atoms with van der Waals surface area (Å²) in [6.45, 7) is 2.00. The molecule has 0 aromatic heterocycles. The van der Waals surface area contributed by atoms with Gasteiger partial charge >= 0.3 is 10.3 Å². The lowest BCUT2D eigenvalue weighted by atomic mass is 10.4. The summed E-state index contributed by atoms with van der Waals surface area (Å²) >= 11 is 0. The predicted octanol–water partition coefficient (Wildman–Crippen LogP) is -0.455. The summed E-state index contributed by atoms with van der Waals surface area (Å²) < 4.78 is 30.1. The smallest absolute Gasteiger partial charge is 0.330 e. The molecule has 0 unspecified atom stereocenters. The van der Waals surface area contributed by atoms with Gasteiger partial charge in [0, 0.05) is 13.2 Å². The van der Waals surface area contributed by atoms with Gasteiger partial charge in [-0.25, -0.2) is 5.14 Å². The third-order valence-corrected chi connectivity index (χ3v) is 0.827. The molecular formula is C4H11NO4S. The van der Waals surface area contributed by atoms with E-state index in [1.807, 2.05) is 0 Å². The largest absolute Gasteiger partial charge is 0.381 e. The van der Waals surface area contributed by atoms with E-state index in [2.05, 4.69) is 5.14 Å². The van der Waals surface area contributed by atoms with Crippen LogP contribution in [0.4, 0.5) is 0 Å². The van der Waals surface area contributed by atoms with Gasteiger partial charge in [0.2, 0.25) is 0 Å². The first kappa shape index (κ1) is 9.83. The van der Waals surface area contributed by atoms with E-state index in [9.17, 15) is 0 Å².